The van der Waals surface area contributed by atoms with Crippen LogP contribution < -0.4 is 5.32 Å². The van der Waals surface area contributed by atoms with Crippen LogP contribution in [-0.4, -0.2) is 28.8 Å². The molecule has 0 aromatic carbocycles. The molecule has 0 aromatic heterocycles. The van der Waals surface area contributed by atoms with E-state index in [1.807, 2.05) is 32.1 Å². The summed E-state index contributed by atoms with van der Waals surface area (Å²) in [6.45, 7) is 5.64. The highest BCUT2D eigenvalue weighted by atomic mass is 16.3. The monoisotopic (exact) mass is 307 g/mol. The number of Topliss-reactive ketones (excluding diaryl/α,β-unsaturated/α-hetero) is 1. The maximum absolute atomic E-state index is 12.1. The standard InChI is InChI=1S/C17H25NO4/c1-4-5-11(2)6-12(3)15(20)10-14(19)7-13-8-16(21)18-17(22)9-13/h4-6,12-14,19H,7-10H2,1-3H3,(H,18,21,22)/b5-4-,11-6-/t12-,14-/m1/s1. The van der Waals surface area contributed by atoms with Gasteiger partial charge in [0.1, 0.15) is 5.78 Å². The van der Waals surface area contributed by atoms with Gasteiger partial charge in [-0.2, -0.15) is 0 Å². The van der Waals surface area contributed by atoms with Crippen LogP contribution in [0.1, 0.15) is 46.5 Å². The van der Waals surface area contributed by atoms with Gasteiger partial charge in [-0.3, -0.25) is 19.7 Å². The molecule has 0 aromatic rings. The van der Waals surface area contributed by atoms with Crippen LogP contribution in [0.4, 0.5) is 0 Å². The first-order chi connectivity index (χ1) is 10.3. The molecule has 0 aliphatic carbocycles. The summed E-state index contributed by atoms with van der Waals surface area (Å²) in [6.07, 6.45) is 5.69. The number of imide groups is 1. The van der Waals surface area contributed by atoms with E-state index in [9.17, 15) is 19.5 Å². The first kappa shape index (κ1) is 18.3. The van der Waals surface area contributed by atoms with Crippen molar-refractivity contribution in [3.05, 3.63) is 23.8 Å². The summed E-state index contributed by atoms with van der Waals surface area (Å²) in [7, 11) is 0. The fourth-order valence-corrected chi connectivity index (χ4v) is 2.71. The van der Waals surface area contributed by atoms with Crippen molar-refractivity contribution >= 4 is 17.6 Å². The third-order valence-corrected chi connectivity index (χ3v) is 3.72. The lowest BCUT2D eigenvalue weighted by atomic mass is 9.88. The molecule has 1 saturated heterocycles. The molecule has 0 unspecified atom stereocenters. The highest BCUT2D eigenvalue weighted by Crippen LogP contribution is 2.21. The Balaban J connectivity index is 2.48. The summed E-state index contributed by atoms with van der Waals surface area (Å²) >= 11 is 0. The van der Waals surface area contributed by atoms with E-state index in [1.54, 1.807) is 6.92 Å². The second-order valence-corrected chi connectivity index (χ2v) is 6.00. The van der Waals surface area contributed by atoms with Crippen molar-refractivity contribution in [3.8, 4) is 0 Å². The molecule has 0 spiro atoms. The number of nitrogens with one attached hydrogen (secondary N) is 1. The van der Waals surface area contributed by atoms with Gasteiger partial charge in [-0.15, -0.1) is 0 Å². The topological polar surface area (TPSA) is 83.5 Å². The molecule has 122 valence electrons. The summed E-state index contributed by atoms with van der Waals surface area (Å²) in [5.41, 5.74) is 1.01. The van der Waals surface area contributed by atoms with Crippen LogP contribution in [0.25, 0.3) is 0 Å². The van der Waals surface area contributed by atoms with Crippen LogP contribution in [0.15, 0.2) is 23.8 Å². The molecule has 1 aliphatic rings. The van der Waals surface area contributed by atoms with E-state index in [0.717, 1.165) is 5.57 Å². The van der Waals surface area contributed by atoms with Gasteiger partial charge in [0.25, 0.3) is 0 Å². The molecule has 0 radical (unpaired) electrons. The first-order valence-corrected chi connectivity index (χ1v) is 7.66. The zero-order valence-corrected chi connectivity index (χ0v) is 13.5. The fourth-order valence-electron chi connectivity index (χ4n) is 2.71. The Morgan fingerprint density at radius 1 is 1.36 bits per heavy atom. The Labute approximate surface area is 131 Å². The highest BCUT2D eigenvalue weighted by molar-refractivity contribution is 5.97. The molecule has 1 rings (SSSR count). The van der Waals surface area contributed by atoms with E-state index in [-0.39, 0.29) is 48.7 Å². The normalized spacial score (nSPS) is 20.1. The van der Waals surface area contributed by atoms with Gasteiger partial charge in [-0.25, -0.2) is 0 Å². The van der Waals surface area contributed by atoms with Crippen LogP contribution in [0.5, 0.6) is 0 Å². The van der Waals surface area contributed by atoms with E-state index >= 15 is 0 Å². The third-order valence-electron chi connectivity index (χ3n) is 3.72. The van der Waals surface area contributed by atoms with E-state index in [2.05, 4.69) is 5.32 Å². The zero-order chi connectivity index (χ0) is 16.7. The van der Waals surface area contributed by atoms with Crippen LogP contribution in [0, 0.1) is 11.8 Å². The summed E-state index contributed by atoms with van der Waals surface area (Å²) < 4.78 is 0. The number of hydrogen-bond donors (Lipinski definition) is 2. The number of aliphatic hydroxyl groups excluding tert-OH is 1. The predicted octanol–water partition coefficient (Wildman–Crippen LogP) is 1.91. The molecule has 0 bridgehead atoms. The fraction of sp³-hybridized carbons (Fsp3) is 0.588. The Hall–Kier alpha value is -1.75. The van der Waals surface area contributed by atoms with E-state index in [1.165, 1.54) is 0 Å². The van der Waals surface area contributed by atoms with Crippen molar-refractivity contribution in [1.82, 2.24) is 5.32 Å². The number of rotatable bonds is 7. The molecule has 5 heteroatoms. The Bertz CT molecular complexity index is 477. The molecule has 2 atom stereocenters. The number of carbonyl (C=O) groups is 3. The molecule has 1 heterocycles. The van der Waals surface area contributed by atoms with Crippen molar-refractivity contribution in [2.45, 2.75) is 52.6 Å². The largest absolute Gasteiger partial charge is 0.393 e. The number of hydrogen-bond acceptors (Lipinski definition) is 4. The van der Waals surface area contributed by atoms with Crippen molar-refractivity contribution in [1.29, 1.82) is 0 Å². The minimum absolute atomic E-state index is 0.0389. The summed E-state index contributed by atoms with van der Waals surface area (Å²) in [4.78, 5) is 34.7. The quantitative estimate of drug-likeness (QED) is 0.556. The smallest absolute Gasteiger partial charge is 0.226 e. The molecule has 1 fully saturated rings. The number of allylic oxidation sites excluding steroid dienone is 4. The summed E-state index contributed by atoms with van der Waals surface area (Å²) in [5.74, 6) is -1.10. The summed E-state index contributed by atoms with van der Waals surface area (Å²) in [5, 5.41) is 12.3. The van der Waals surface area contributed by atoms with Crippen LogP contribution in [-0.2, 0) is 14.4 Å². The average Bonchev–Trinajstić information content (AvgIpc) is 2.36. The van der Waals surface area contributed by atoms with E-state index < -0.39 is 6.10 Å². The molecular formula is C17H25NO4. The van der Waals surface area contributed by atoms with Crippen molar-refractivity contribution in [2.75, 3.05) is 0 Å². The molecule has 1 aliphatic heterocycles. The van der Waals surface area contributed by atoms with Gasteiger partial charge >= 0.3 is 0 Å². The highest BCUT2D eigenvalue weighted by Gasteiger charge is 2.27. The van der Waals surface area contributed by atoms with Crippen LogP contribution in [0.2, 0.25) is 0 Å². The van der Waals surface area contributed by atoms with Gasteiger partial charge in [-0.05, 0) is 26.2 Å². The number of ketones is 1. The third kappa shape index (κ3) is 6.35. The Morgan fingerprint density at radius 2 is 1.95 bits per heavy atom. The second kappa shape index (κ2) is 8.63. The molecule has 5 nitrogen and oxygen atoms in total. The zero-order valence-electron chi connectivity index (χ0n) is 13.5. The Morgan fingerprint density at radius 3 is 2.50 bits per heavy atom. The molecule has 2 N–H and O–H groups in total. The predicted molar refractivity (Wildman–Crippen MR) is 83.9 cm³/mol. The number of amides is 2. The molecule has 0 saturated carbocycles. The average molecular weight is 307 g/mol. The molecular weight excluding hydrogens is 282 g/mol. The first-order valence-electron chi connectivity index (χ1n) is 7.66. The summed E-state index contributed by atoms with van der Waals surface area (Å²) in [6, 6.07) is 0. The van der Waals surface area contributed by atoms with Gasteiger partial charge in [-0.1, -0.05) is 30.7 Å². The van der Waals surface area contributed by atoms with E-state index in [4.69, 9.17) is 0 Å². The van der Waals surface area contributed by atoms with Crippen molar-refractivity contribution in [2.24, 2.45) is 11.8 Å². The Kier molecular flexibility index (Phi) is 7.18. The second-order valence-electron chi connectivity index (χ2n) is 6.00. The minimum atomic E-state index is -0.811. The van der Waals surface area contributed by atoms with Gasteiger partial charge in [0, 0.05) is 25.2 Å². The minimum Gasteiger partial charge on any atom is -0.393 e. The van der Waals surface area contributed by atoms with Gasteiger partial charge in [0.2, 0.25) is 11.8 Å². The van der Waals surface area contributed by atoms with Crippen molar-refractivity contribution < 1.29 is 19.5 Å². The van der Waals surface area contributed by atoms with Crippen LogP contribution >= 0.6 is 0 Å². The molecule has 2 amide bonds. The maximum atomic E-state index is 12.1. The molecule has 22 heavy (non-hydrogen) atoms. The lowest BCUT2D eigenvalue weighted by molar-refractivity contribution is -0.135. The lowest BCUT2D eigenvalue weighted by Crippen LogP contribution is -2.39. The number of aliphatic hydroxyl groups is 1. The van der Waals surface area contributed by atoms with Gasteiger partial charge in [0.05, 0.1) is 6.10 Å². The van der Waals surface area contributed by atoms with E-state index in [0.29, 0.717) is 6.42 Å². The van der Waals surface area contributed by atoms with Gasteiger partial charge < -0.3 is 5.11 Å². The van der Waals surface area contributed by atoms with Crippen LogP contribution in [0.3, 0.4) is 0 Å². The number of piperidine rings is 1. The lowest BCUT2D eigenvalue weighted by Gasteiger charge is -2.23. The SMILES string of the molecule is C/C=C\C(C)=C/[C@@H](C)C(=O)C[C@H](O)CC1CC(=O)NC(=O)C1. The maximum Gasteiger partial charge on any atom is 0.226 e. The van der Waals surface area contributed by atoms with Crippen molar-refractivity contribution in [3.63, 3.8) is 0 Å². The van der Waals surface area contributed by atoms with Gasteiger partial charge in [0.15, 0.2) is 0 Å². The number of carbonyl (C=O) groups excluding carboxylic acids is 3.